The van der Waals surface area contributed by atoms with E-state index in [-0.39, 0.29) is 10.0 Å². The van der Waals surface area contributed by atoms with Crippen LogP contribution in [0, 0.1) is 0 Å². The SMILES string of the molecule is CC(=O)NC(Cc1ccc(Cl)c(Cl)c1)(C(=O)O)C(=O)O. The first kappa shape index (κ1) is 16.3. The Morgan fingerprint density at radius 1 is 1.15 bits per heavy atom. The van der Waals surface area contributed by atoms with Crippen LogP contribution in [0.3, 0.4) is 0 Å². The first-order chi connectivity index (χ1) is 9.19. The van der Waals surface area contributed by atoms with Crippen LogP contribution in [0.1, 0.15) is 12.5 Å². The number of benzene rings is 1. The molecule has 108 valence electrons. The summed E-state index contributed by atoms with van der Waals surface area (Å²) >= 11 is 11.5. The third kappa shape index (κ3) is 3.40. The van der Waals surface area contributed by atoms with Gasteiger partial charge in [0.15, 0.2) is 0 Å². The molecule has 8 heteroatoms. The van der Waals surface area contributed by atoms with Gasteiger partial charge in [0, 0.05) is 13.3 Å². The molecule has 6 nitrogen and oxygen atoms in total. The summed E-state index contributed by atoms with van der Waals surface area (Å²) in [5, 5.41) is 20.7. The zero-order chi connectivity index (χ0) is 15.5. The Morgan fingerprint density at radius 3 is 2.10 bits per heavy atom. The Bertz CT molecular complexity index is 559. The van der Waals surface area contributed by atoms with Gasteiger partial charge in [0.05, 0.1) is 10.0 Å². The molecule has 0 aliphatic carbocycles. The van der Waals surface area contributed by atoms with Crippen LogP contribution >= 0.6 is 23.2 Å². The molecule has 0 atom stereocenters. The number of carbonyl (C=O) groups is 3. The molecule has 1 rings (SSSR count). The van der Waals surface area contributed by atoms with E-state index in [9.17, 15) is 24.6 Å². The van der Waals surface area contributed by atoms with Gasteiger partial charge < -0.3 is 15.5 Å². The smallest absolute Gasteiger partial charge is 0.341 e. The molecule has 1 aromatic carbocycles. The lowest BCUT2D eigenvalue weighted by Crippen LogP contribution is -2.61. The van der Waals surface area contributed by atoms with Crippen molar-refractivity contribution in [2.24, 2.45) is 0 Å². The molecule has 1 amide bonds. The highest BCUT2D eigenvalue weighted by molar-refractivity contribution is 6.42. The molecule has 0 radical (unpaired) electrons. The number of rotatable bonds is 5. The maximum Gasteiger partial charge on any atom is 0.341 e. The fourth-order valence-electron chi connectivity index (χ4n) is 1.65. The molecule has 20 heavy (non-hydrogen) atoms. The van der Waals surface area contributed by atoms with Crippen LogP contribution in [0.4, 0.5) is 0 Å². The standard InChI is InChI=1S/C12H11Cl2NO5/c1-6(16)15-12(10(17)18,11(19)20)5-7-2-3-8(13)9(14)4-7/h2-4H,5H2,1H3,(H,15,16)(H,17,18)(H,19,20). The average molecular weight is 320 g/mol. The molecule has 0 fully saturated rings. The van der Waals surface area contributed by atoms with Gasteiger partial charge in [-0.1, -0.05) is 29.3 Å². The van der Waals surface area contributed by atoms with Crippen molar-refractivity contribution in [3.63, 3.8) is 0 Å². The molecule has 0 bridgehead atoms. The number of carboxylic acids is 2. The van der Waals surface area contributed by atoms with Gasteiger partial charge in [-0.25, -0.2) is 9.59 Å². The number of nitrogens with one attached hydrogen (secondary N) is 1. The van der Waals surface area contributed by atoms with Crippen molar-refractivity contribution in [3.05, 3.63) is 33.8 Å². The number of halogens is 2. The van der Waals surface area contributed by atoms with Crippen LogP contribution in [0.15, 0.2) is 18.2 Å². The van der Waals surface area contributed by atoms with Gasteiger partial charge in [-0.2, -0.15) is 0 Å². The van der Waals surface area contributed by atoms with E-state index in [1.807, 2.05) is 5.32 Å². The first-order valence-electron chi connectivity index (χ1n) is 5.38. The quantitative estimate of drug-likeness (QED) is 0.715. The van der Waals surface area contributed by atoms with Gasteiger partial charge in [0.2, 0.25) is 11.4 Å². The van der Waals surface area contributed by atoms with Crippen LogP contribution in [0.2, 0.25) is 10.0 Å². The summed E-state index contributed by atoms with van der Waals surface area (Å²) in [6.07, 6.45) is -0.464. The molecule has 0 saturated carbocycles. The predicted octanol–water partition coefficient (Wildman–Crippen LogP) is 1.58. The summed E-state index contributed by atoms with van der Waals surface area (Å²) in [7, 11) is 0. The van der Waals surface area contributed by atoms with Gasteiger partial charge >= 0.3 is 11.9 Å². The Kier molecular flexibility index (Phi) is 4.97. The molecular weight excluding hydrogens is 309 g/mol. The summed E-state index contributed by atoms with van der Waals surface area (Å²) in [5.74, 6) is -4.12. The largest absolute Gasteiger partial charge is 0.479 e. The molecular formula is C12H11Cl2NO5. The molecule has 3 N–H and O–H groups in total. The molecule has 0 unspecified atom stereocenters. The summed E-state index contributed by atoms with van der Waals surface area (Å²) in [5.41, 5.74) is -2.14. The van der Waals surface area contributed by atoms with Crippen molar-refractivity contribution in [1.29, 1.82) is 0 Å². The second-order valence-corrected chi connectivity index (χ2v) is 4.94. The topological polar surface area (TPSA) is 104 Å². The highest BCUT2D eigenvalue weighted by Gasteiger charge is 2.47. The number of carboxylic acid groups (broad SMARTS) is 2. The van der Waals surface area contributed by atoms with E-state index in [1.165, 1.54) is 18.2 Å². The fraction of sp³-hybridized carbons (Fsp3) is 0.250. The Morgan fingerprint density at radius 2 is 1.70 bits per heavy atom. The van der Waals surface area contributed by atoms with Crippen molar-refractivity contribution in [2.75, 3.05) is 0 Å². The van der Waals surface area contributed by atoms with E-state index >= 15 is 0 Å². The lowest BCUT2D eigenvalue weighted by Gasteiger charge is -2.25. The number of aliphatic carboxylic acids is 2. The third-order valence-corrected chi connectivity index (χ3v) is 3.31. The van der Waals surface area contributed by atoms with E-state index in [4.69, 9.17) is 23.2 Å². The Hall–Kier alpha value is -1.79. The maximum absolute atomic E-state index is 11.3. The van der Waals surface area contributed by atoms with E-state index < -0.39 is 29.8 Å². The highest BCUT2D eigenvalue weighted by atomic mass is 35.5. The zero-order valence-corrected chi connectivity index (χ0v) is 11.8. The minimum absolute atomic E-state index is 0.164. The zero-order valence-electron chi connectivity index (χ0n) is 10.3. The van der Waals surface area contributed by atoms with E-state index in [0.29, 0.717) is 5.56 Å². The normalized spacial score (nSPS) is 10.9. The number of hydrogen-bond donors (Lipinski definition) is 3. The Labute approximate surface area is 124 Å². The molecule has 0 aliphatic rings. The molecule has 0 aliphatic heterocycles. The maximum atomic E-state index is 11.3. The van der Waals surface area contributed by atoms with Crippen molar-refractivity contribution in [1.82, 2.24) is 5.32 Å². The van der Waals surface area contributed by atoms with Crippen LogP contribution < -0.4 is 5.32 Å². The van der Waals surface area contributed by atoms with Gasteiger partial charge in [0.1, 0.15) is 0 Å². The molecule has 1 aromatic rings. The summed E-state index contributed by atoms with van der Waals surface area (Å²) < 4.78 is 0. The predicted molar refractivity (Wildman–Crippen MR) is 72.0 cm³/mol. The van der Waals surface area contributed by atoms with Crippen LogP contribution in [0.25, 0.3) is 0 Å². The van der Waals surface area contributed by atoms with Crippen LogP contribution in [0.5, 0.6) is 0 Å². The van der Waals surface area contributed by atoms with Crippen molar-refractivity contribution in [3.8, 4) is 0 Å². The van der Waals surface area contributed by atoms with E-state index in [2.05, 4.69) is 0 Å². The summed E-state index contributed by atoms with van der Waals surface area (Å²) in [6.45, 7) is 1.04. The number of carbonyl (C=O) groups excluding carboxylic acids is 1. The van der Waals surface area contributed by atoms with Gasteiger partial charge in [-0.05, 0) is 17.7 Å². The lowest BCUT2D eigenvalue weighted by atomic mass is 9.90. The van der Waals surface area contributed by atoms with Crippen molar-refractivity contribution in [2.45, 2.75) is 18.9 Å². The molecule has 0 aromatic heterocycles. The van der Waals surface area contributed by atoms with Crippen LogP contribution in [-0.2, 0) is 20.8 Å². The van der Waals surface area contributed by atoms with Gasteiger partial charge in [0.25, 0.3) is 0 Å². The monoisotopic (exact) mass is 319 g/mol. The summed E-state index contributed by atoms with van der Waals surface area (Å²) in [6, 6.07) is 4.21. The second kappa shape index (κ2) is 6.11. The fourth-order valence-corrected chi connectivity index (χ4v) is 1.97. The summed E-state index contributed by atoms with van der Waals surface area (Å²) in [4.78, 5) is 33.7. The second-order valence-electron chi connectivity index (χ2n) is 4.12. The first-order valence-corrected chi connectivity index (χ1v) is 6.14. The van der Waals surface area contributed by atoms with Gasteiger partial charge in [-0.3, -0.25) is 4.79 Å². The number of amides is 1. The average Bonchev–Trinajstić information content (AvgIpc) is 2.31. The molecule has 0 heterocycles. The minimum Gasteiger partial charge on any atom is -0.479 e. The van der Waals surface area contributed by atoms with E-state index in [1.54, 1.807) is 0 Å². The molecule has 0 saturated heterocycles. The van der Waals surface area contributed by atoms with Gasteiger partial charge in [-0.15, -0.1) is 0 Å². The third-order valence-electron chi connectivity index (χ3n) is 2.57. The Balaban J connectivity index is 3.23. The van der Waals surface area contributed by atoms with Crippen molar-refractivity contribution >= 4 is 41.0 Å². The lowest BCUT2D eigenvalue weighted by molar-refractivity contribution is -0.161. The van der Waals surface area contributed by atoms with Crippen molar-refractivity contribution < 1.29 is 24.6 Å². The minimum atomic E-state index is -2.46. The van der Waals surface area contributed by atoms with Crippen LogP contribution in [-0.4, -0.2) is 33.6 Å². The molecule has 0 spiro atoms. The highest BCUT2D eigenvalue weighted by Crippen LogP contribution is 2.25. The number of hydrogen-bond acceptors (Lipinski definition) is 3. The van der Waals surface area contributed by atoms with E-state index in [0.717, 1.165) is 6.92 Å².